The highest BCUT2D eigenvalue weighted by Gasteiger charge is 2.16. The molecule has 0 aliphatic heterocycles. The summed E-state index contributed by atoms with van der Waals surface area (Å²) >= 11 is 1.62. The minimum Gasteiger partial charge on any atom is -0.265 e. The lowest BCUT2D eigenvalue weighted by atomic mass is 10.1. The molecule has 5 aromatic heterocycles. The lowest BCUT2D eigenvalue weighted by Crippen LogP contribution is -2.02. The highest BCUT2D eigenvalue weighted by Crippen LogP contribution is 2.35. The highest BCUT2D eigenvalue weighted by molar-refractivity contribution is 7.26. The zero-order chi connectivity index (χ0) is 17.1. The minimum absolute atomic E-state index is 0.540. The average molecular weight is 349 g/mol. The summed E-state index contributed by atoms with van der Waals surface area (Å²) in [5.74, 6) is 0.718. The van der Waals surface area contributed by atoms with Crippen molar-refractivity contribution in [3.63, 3.8) is 0 Å². The van der Waals surface area contributed by atoms with Crippen LogP contribution in [0.5, 0.6) is 0 Å². The Balaban J connectivity index is 1.73. The molecule has 0 bridgehead atoms. The van der Waals surface area contributed by atoms with Gasteiger partial charge in [-0.3, -0.25) is 4.68 Å². The molecule has 5 rings (SSSR count). The molecule has 0 amide bonds. The second-order valence-corrected chi connectivity index (χ2v) is 7.24. The minimum atomic E-state index is 0.540. The van der Waals surface area contributed by atoms with Gasteiger partial charge in [-0.15, -0.1) is 16.4 Å². The molecule has 0 aliphatic carbocycles. The van der Waals surface area contributed by atoms with Gasteiger partial charge in [0.05, 0.1) is 11.2 Å². The van der Waals surface area contributed by atoms with Gasteiger partial charge in [0.2, 0.25) is 0 Å². The third kappa shape index (κ3) is 2.21. The van der Waals surface area contributed by atoms with Crippen LogP contribution >= 0.6 is 11.3 Å². The molecule has 0 unspecified atom stereocenters. The quantitative estimate of drug-likeness (QED) is 0.490. The molecule has 124 valence electrons. The summed E-state index contributed by atoms with van der Waals surface area (Å²) in [6.45, 7) is 6.62. The molecule has 8 heteroatoms. The molecule has 25 heavy (non-hydrogen) atoms. The van der Waals surface area contributed by atoms with Crippen LogP contribution in [0.3, 0.4) is 0 Å². The van der Waals surface area contributed by atoms with E-state index < -0.39 is 0 Å². The van der Waals surface area contributed by atoms with Crippen molar-refractivity contribution in [1.29, 1.82) is 0 Å². The summed E-state index contributed by atoms with van der Waals surface area (Å²) in [5, 5.41) is 10.1. The maximum Gasteiger partial charge on any atom is 0.176 e. The summed E-state index contributed by atoms with van der Waals surface area (Å²) in [7, 11) is 0. The normalized spacial score (nSPS) is 12.0. The number of pyridine rings is 1. The summed E-state index contributed by atoms with van der Waals surface area (Å²) in [6.07, 6.45) is 3.67. The fourth-order valence-electron chi connectivity index (χ4n) is 3.18. The van der Waals surface area contributed by atoms with Gasteiger partial charge in [-0.25, -0.2) is 19.5 Å². The SMILES string of the molecule is Cc1cc(C)c2c(n1)sc1c2ncn2nc(Cn3ccc(C)n3)nc12. The zero-order valence-corrected chi connectivity index (χ0v) is 14.9. The first-order valence-corrected chi connectivity index (χ1v) is 8.81. The predicted octanol–water partition coefficient (Wildman–Crippen LogP) is 3.06. The Morgan fingerprint density at radius 2 is 1.96 bits per heavy atom. The van der Waals surface area contributed by atoms with Gasteiger partial charge >= 0.3 is 0 Å². The number of nitrogens with zero attached hydrogens (tertiary/aromatic N) is 7. The number of thiophene rings is 1. The smallest absolute Gasteiger partial charge is 0.176 e. The zero-order valence-electron chi connectivity index (χ0n) is 14.1. The predicted molar refractivity (Wildman–Crippen MR) is 97.0 cm³/mol. The van der Waals surface area contributed by atoms with Crippen LogP contribution in [0.15, 0.2) is 24.7 Å². The van der Waals surface area contributed by atoms with E-state index in [4.69, 9.17) is 4.98 Å². The van der Waals surface area contributed by atoms with Gasteiger partial charge < -0.3 is 0 Å². The number of aryl methyl sites for hydroxylation is 3. The van der Waals surface area contributed by atoms with Crippen molar-refractivity contribution in [3.05, 3.63) is 47.4 Å². The van der Waals surface area contributed by atoms with Crippen LogP contribution in [0.2, 0.25) is 0 Å². The molecule has 5 heterocycles. The number of rotatable bonds is 2. The van der Waals surface area contributed by atoms with Gasteiger partial charge in [0.1, 0.15) is 22.4 Å². The molecular weight excluding hydrogens is 334 g/mol. The molecule has 0 radical (unpaired) electrons. The molecule has 0 saturated heterocycles. The largest absolute Gasteiger partial charge is 0.265 e. The Kier molecular flexibility index (Phi) is 2.93. The molecule has 7 nitrogen and oxygen atoms in total. The van der Waals surface area contributed by atoms with Crippen LogP contribution in [0, 0.1) is 20.8 Å². The summed E-state index contributed by atoms with van der Waals surface area (Å²) in [6, 6.07) is 4.06. The number of fused-ring (bicyclic) bond motifs is 5. The first-order valence-electron chi connectivity index (χ1n) is 7.99. The van der Waals surface area contributed by atoms with Gasteiger partial charge in [0, 0.05) is 17.3 Å². The number of aromatic nitrogens is 7. The van der Waals surface area contributed by atoms with Crippen LogP contribution in [-0.4, -0.2) is 34.3 Å². The molecule has 0 fully saturated rings. The third-order valence-electron chi connectivity index (χ3n) is 4.21. The van der Waals surface area contributed by atoms with Crippen LogP contribution in [0.25, 0.3) is 26.1 Å². The van der Waals surface area contributed by atoms with Gasteiger partial charge in [-0.05, 0) is 38.5 Å². The molecule has 0 aliphatic rings. The summed E-state index contributed by atoms with van der Waals surface area (Å²) < 4.78 is 4.61. The Morgan fingerprint density at radius 1 is 1.08 bits per heavy atom. The Labute approximate surface area is 147 Å². The van der Waals surface area contributed by atoms with E-state index in [2.05, 4.69) is 33.2 Å². The molecule has 0 atom stereocenters. The van der Waals surface area contributed by atoms with E-state index in [-0.39, 0.29) is 0 Å². The Morgan fingerprint density at radius 3 is 2.76 bits per heavy atom. The molecule has 0 saturated carbocycles. The lowest BCUT2D eigenvalue weighted by molar-refractivity contribution is 0.648. The molecule has 0 N–H and O–H groups in total. The van der Waals surface area contributed by atoms with Crippen molar-refractivity contribution < 1.29 is 0 Å². The van der Waals surface area contributed by atoms with Crippen molar-refractivity contribution in [2.24, 2.45) is 0 Å². The topological polar surface area (TPSA) is 73.8 Å². The van der Waals surface area contributed by atoms with Crippen molar-refractivity contribution in [1.82, 2.24) is 34.3 Å². The van der Waals surface area contributed by atoms with Crippen LogP contribution in [0.1, 0.15) is 22.8 Å². The van der Waals surface area contributed by atoms with Crippen molar-refractivity contribution in [2.45, 2.75) is 27.3 Å². The Bertz CT molecular complexity index is 1260. The van der Waals surface area contributed by atoms with E-state index in [0.717, 1.165) is 43.3 Å². The number of hydrogen-bond donors (Lipinski definition) is 0. The van der Waals surface area contributed by atoms with Crippen molar-refractivity contribution >= 4 is 37.4 Å². The number of hydrogen-bond acceptors (Lipinski definition) is 6. The fourth-order valence-corrected chi connectivity index (χ4v) is 4.40. The van der Waals surface area contributed by atoms with Gasteiger partial charge in [0.15, 0.2) is 11.5 Å². The molecule has 5 aromatic rings. The standard InChI is InChI=1S/C17H15N7S/c1-9-6-11(3)19-17-13(9)14-15(25-17)16-20-12(22-24(16)8-18-14)7-23-5-4-10(2)21-23/h4-6,8H,7H2,1-3H3. The molecule has 0 spiro atoms. The first kappa shape index (κ1) is 14.5. The van der Waals surface area contributed by atoms with E-state index in [9.17, 15) is 0 Å². The second kappa shape index (κ2) is 5.06. The average Bonchev–Trinajstić information content (AvgIpc) is 3.22. The summed E-state index contributed by atoms with van der Waals surface area (Å²) in [4.78, 5) is 15.0. The first-order chi connectivity index (χ1) is 12.1. The van der Waals surface area contributed by atoms with E-state index in [1.54, 1.807) is 22.2 Å². The molecular formula is C17H15N7S. The van der Waals surface area contributed by atoms with Crippen LogP contribution in [-0.2, 0) is 6.54 Å². The Hall–Kier alpha value is -2.87. The van der Waals surface area contributed by atoms with Crippen LogP contribution in [0.4, 0.5) is 0 Å². The van der Waals surface area contributed by atoms with Gasteiger partial charge in [-0.1, -0.05) is 0 Å². The van der Waals surface area contributed by atoms with E-state index in [1.165, 1.54) is 5.56 Å². The van der Waals surface area contributed by atoms with Gasteiger partial charge in [-0.2, -0.15) is 5.10 Å². The van der Waals surface area contributed by atoms with E-state index >= 15 is 0 Å². The monoisotopic (exact) mass is 349 g/mol. The maximum atomic E-state index is 4.73. The van der Waals surface area contributed by atoms with E-state index in [0.29, 0.717) is 6.54 Å². The fraction of sp³-hybridized carbons (Fsp3) is 0.235. The maximum absolute atomic E-state index is 4.73. The highest BCUT2D eigenvalue weighted by atomic mass is 32.1. The van der Waals surface area contributed by atoms with Gasteiger partial charge in [0.25, 0.3) is 0 Å². The van der Waals surface area contributed by atoms with Crippen LogP contribution < -0.4 is 0 Å². The van der Waals surface area contributed by atoms with Crippen molar-refractivity contribution in [2.75, 3.05) is 0 Å². The summed E-state index contributed by atoms with van der Waals surface area (Å²) in [5.41, 5.74) is 4.96. The van der Waals surface area contributed by atoms with E-state index in [1.807, 2.05) is 30.8 Å². The lowest BCUT2D eigenvalue weighted by Gasteiger charge is -1.98. The molecule has 0 aromatic carbocycles. The second-order valence-electron chi connectivity index (χ2n) is 6.24. The van der Waals surface area contributed by atoms with Crippen molar-refractivity contribution in [3.8, 4) is 0 Å². The third-order valence-corrected chi connectivity index (χ3v) is 5.28.